The van der Waals surface area contributed by atoms with Crippen molar-refractivity contribution in [1.82, 2.24) is 25.0 Å². The molecule has 7 heteroatoms. The van der Waals surface area contributed by atoms with Crippen LogP contribution in [0.25, 0.3) is 0 Å². The summed E-state index contributed by atoms with van der Waals surface area (Å²) in [5.74, 6) is 0.194. The third-order valence-electron chi connectivity index (χ3n) is 4.71. The molecule has 1 aliphatic heterocycles. The molecule has 0 aliphatic carbocycles. The molecule has 3 rings (SSSR count). The first-order chi connectivity index (χ1) is 12.1. The van der Waals surface area contributed by atoms with E-state index in [0.29, 0.717) is 19.6 Å². The topological polar surface area (TPSA) is 83.3 Å². The third kappa shape index (κ3) is 4.57. The Kier molecular flexibility index (Phi) is 5.65. The number of urea groups is 1. The monoisotopic (exact) mass is 343 g/mol. The van der Waals surface area contributed by atoms with Crippen molar-refractivity contribution < 1.29 is 9.90 Å². The van der Waals surface area contributed by atoms with Gasteiger partial charge in [0.1, 0.15) is 12.7 Å². The standard InChI is InChI=1S/C18H25N5O2/c1-14(11-23-13-19-12-20-23)21-18(25)22-9-7-16(8-10-22)17(24)15-5-3-2-4-6-15/h2-6,12-14,16-17,24H,7-11H2,1H3,(H,21,25). The zero-order valence-electron chi connectivity index (χ0n) is 14.5. The first kappa shape index (κ1) is 17.4. The van der Waals surface area contributed by atoms with Gasteiger partial charge >= 0.3 is 6.03 Å². The van der Waals surface area contributed by atoms with E-state index in [0.717, 1.165) is 18.4 Å². The minimum Gasteiger partial charge on any atom is -0.388 e. The van der Waals surface area contributed by atoms with Crippen LogP contribution in [0.15, 0.2) is 43.0 Å². The first-order valence-corrected chi connectivity index (χ1v) is 8.74. The maximum atomic E-state index is 12.4. The molecule has 2 aromatic rings. The molecule has 0 spiro atoms. The molecular formula is C18H25N5O2. The number of carbonyl (C=O) groups excluding carboxylic acids is 1. The quantitative estimate of drug-likeness (QED) is 0.867. The van der Waals surface area contributed by atoms with Crippen LogP contribution in [0.3, 0.4) is 0 Å². The Morgan fingerprint density at radius 1 is 1.32 bits per heavy atom. The van der Waals surface area contributed by atoms with Gasteiger partial charge in [-0.3, -0.25) is 4.68 Å². The number of nitrogens with zero attached hydrogens (tertiary/aromatic N) is 4. The Morgan fingerprint density at radius 3 is 2.68 bits per heavy atom. The summed E-state index contributed by atoms with van der Waals surface area (Å²) in [6.45, 7) is 3.87. The molecule has 1 aromatic carbocycles. The van der Waals surface area contributed by atoms with Gasteiger partial charge in [-0.2, -0.15) is 5.10 Å². The van der Waals surface area contributed by atoms with E-state index in [1.165, 1.54) is 6.33 Å². The highest BCUT2D eigenvalue weighted by atomic mass is 16.3. The number of nitrogens with one attached hydrogen (secondary N) is 1. The fourth-order valence-corrected chi connectivity index (χ4v) is 3.30. The first-order valence-electron chi connectivity index (χ1n) is 8.74. The average molecular weight is 343 g/mol. The van der Waals surface area contributed by atoms with E-state index in [9.17, 15) is 9.90 Å². The fraction of sp³-hybridized carbons (Fsp3) is 0.500. The van der Waals surface area contributed by atoms with E-state index < -0.39 is 6.10 Å². The molecule has 0 radical (unpaired) electrons. The van der Waals surface area contributed by atoms with Crippen LogP contribution in [0.1, 0.15) is 31.4 Å². The number of rotatable bonds is 5. The predicted octanol–water partition coefficient (Wildman–Crippen LogP) is 1.82. The van der Waals surface area contributed by atoms with Gasteiger partial charge < -0.3 is 15.3 Å². The molecule has 2 N–H and O–H groups in total. The van der Waals surface area contributed by atoms with Crippen molar-refractivity contribution >= 4 is 6.03 Å². The SMILES string of the molecule is CC(Cn1cncn1)NC(=O)N1CCC(C(O)c2ccccc2)CC1. The van der Waals surface area contributed by atoms with Crippen molar-refractivity contribution in [2.24, 2.45) is 5.92 Å². The van der Waals surface area contributed by atoms with Gasteiger partial charge in [0, 0.05) is 19.1 Å². The van der Waals surface area contributed by atoms with Gasteiger partial charge in [0.2, 0.25) is 0 Å². The molecule has 2 unspecified atom stereocenters. The van der Waals surface area contributed by atoms with E-state index in [2.05, 4.69) is 15.4 Å². The number of aromatic nitrogens is 3. The third-order valence-corrected chi connectivity index (χ3v) is 4.71. The van der Waals surface area contributed by atoms with Crippen LogP contribution in [0.2, 0.25) is 0 Å². The minimum absolute atomic E-state index is 0.0261. The van der Waals surface area contributed by atoms with Crippen molar-refractivity contribution in [1.29, 1.82) is 0 Å². The van der Waals surface area contributed by atoms with Crippen LogP contribution in [0, 0.1) is 5.92 Å². The number of likely N-dealkylation sites (tertiary alicyclic amines) is 1. The Hall–Kier alpha value is -2.41. The molecule has 2 atom stereocenters. The Bertz CT molecular complexity index is 653. The smallest absolute Gasteiger partial charge is 0.317 e. The lowest BCUT2D eigenvalue weighted by molar-refractivity contribution is 0.0661. The van der Waals surface area contributed by atoms with Crippen molar-refractivity contribution in [3.63, 3.8) is 0 Å². The lowest BCUT2D eigenvalue weighted by atomic mass is 9.87. The van der Waals surface area contributed by atoms with Gasteiger partial charge in [-0.25, -0.2) is 9.78 Å². The zero-order valence-corrected chi connectivity index (χ0v) is 14.5. The zero-order chi connectivity index (χ0) is 17.6. The van der Waals surface area contributed by atoms with Gasteiger partial charge in [-0.15, -0.1) is 0 Å². The van der Waals surface area contributed by atoms with E-state index in [-0.39, 0.29) is 18.0 Å². The molecule has 0 bridgehead atoms. The Morgan fingerprint density at radius 2 is 2.04 bits per heavy atom. The maximum absolute atomic E-state index is 12.4. The second-order valence-corrected chi connectivity index (χ2v) is 6.65. The molecule has 0 saturated carbocycles. The summed E-state index contributed by atoms with van der Waals surface area (Å²) in [5.41, 5.74) is 0.951. The van der Waals surface area contributed by atoms with Gasteiger partial charge in [-0.1, -0.05) is 30.3 Å². The summed E-state index contributed by atoms with van der Waals surface area (Å²) < 4.78 is 1.70. The number of hydrogen-bond acceptors (Lipinski definition) is 4. The molecule has 2 amide bonds. The number of aliphatic hydroxyl groups excluding tert-OH is 1. The van der Waals surface area contributed by atoms with E-state index in [1.54, 1.807) is 11.0 Å². The maximum Gasteiger partial charge on any atom is 0.317 e. The highest BCUT2D eigenvalue weighted by Gasteiger charge is 2.28. The highest BCUT2D eigenvalue weighted by molar-refractivity contribution is 5.74. The van der Waals surface area contributed by atoms with E-state index in [4.69, 9.17) is 0 Å². The average Bonchev–Trinajstić information content (AvgIpc) is 3.14. The largest absolute Gasteiger partial charge is 0.388 e. The van der Waals surface area contributed by atoms with Crippen LogP contribution in [-0.4, -0.2) is 49.9 Å². The van der Waals surface area contributed by atoms with Crippen LogP contribution in [0.4, 0.5) is 4.79 Å². The molecule has 25 heavy (non-hydrogen) atoms. The molecule has 1 fully saturated rings. The van der Waals surface area contributed by atoms with Crippen molar-refractivity contribution in [2.75, 3.05) is 13.1 Å². The number of piperidine rings is 1. The number of amides is 2. The van der Waals surface area contributed by atoms with Crippen molar-refractivity contribution in [3.05, 3.63) is 48.5 Å². The lowest BCUT2D eigenvalue weighted by Gasteiger charge is -2.35. The molecular weight excluding hydrogens is 318 g/mol. The van der Waals surface area contributed by atoms with Crippen LogP contribution >= 0.6 is 0 Å². The molecule has 1 aromatic heterocycles. The van der Waals surface area contributed by atoms with Crippen LogP contribution in [0.5, 0.6) is 0 Å². The second-order valence-electron chi connectivity index (χ2n) is 6.65. The summed E-state index contributed by atoms with van der Waals surface area (Å²) in [6.07, 6.45) is 4.27. The second kappa shape index (κ2) is 8.11. The Balaban J connectivity index is 1.46. The molecule has 1 aliphatic rings. The van der Waals surface area contributed by atoms with E-state index in [1.807, 2.05) is 42.2 Å². The summed E-state index contributed by atoms with van der Waals surface area (Å²) in [6, 6.07) is 9.66. The van der Waals surface area contributed by atoms with Gasteiger partial charge in [-0.05, 0) is 31.2 Å². The predicted molar refractivity (Wildman–Crippen MR) is 93.7 cm³/mol. The summed E-state index contributed by atoms with van der Waals surface area (Å²) in [5, 5.41) is 17.6. The number of carbonyl (C=O) groups is 1. The number of benzene rings is 1. The molecule has 134 valence electrons. The van der Waals surface area contributed by atoms with Gasteiger partial charge in [0.15, 0.2) is 0 Å². The highest BCUT2D eigenvalue weighted by Crippen LogP contribution is 2.30. The summed E-state index contributed by atoms with van der Waals surface area (Å²) in [4.78, 5) is 18.1. The summed E-state index contributed by atoms with van der Waals surface area (Å²) in [7, 11) is 0. The molecule has 2 heterocycles. The van der Waals surface area contributed by atoms with Gasteiger partial charge in [0.25, 0.3) is 0 Å². The fourth-order valence-electron chi connectivity index (χ4n) is 3.30. The normalized spacial score (nSPS) is 17.9. The lowest BCUT2D eigenvalue weighted by Crippen LogP contribution is -2.48. The van der Waals surface area contributed by atoms with Gasteiger partial charge in [0.05, 0.1) is 12.6 Å². The molecule has 1 saturated heterocycles. The molecule has 7 nitrogen and oxygen atoms in total. The summed E-state index contributed by atoms with van der Waals surface area (Å²) >= 11 is 0. The number of aliphatic hydroxyl groups is 1. The minimum atomic E-state index is -0.461. The number of hydrogen-bond donors (Lipinski definition) is 2. The van der Waals surface area contributed by atoms with Crippen LogP contribution < -0.4 is 5.32 Å². The van der Waals surface area contributed by atoms with E-state index >= 15 is 0 Å². The van der Waals surface area contributed by atoms with Crippen molar-refractivity contribution in [2.45, 2.75) is 38.5 Å². The van der Waals surface area contributed by atoms with Crippen LogP contribution in [-0.2, 0) is 6.54 Å². The Labute approximate surface area is 147 Å². The van der Waals surface area contributed by atoms with Crippen molar-refractivity contribution in [3.8, 4) is 0 Å².